The molecule has 1 fully saturated rings. The Morgan fingerprint density at radius 1 is 1.00 bits per heavy atom. The molecule has 1 aromatic carbocycles. The second kappa shape index (κ2) is 8.26. The van der Waals surface area contributed by atoms with E-state index in [-0.39, 0.29) is 12.1 Å². The summed E-state index contributed by atoms with van der Waals surface area (Å²) in [6, 6.07) is 7.07. The highest BCUT2D eigenvalue weighted by molar-refractivity contribution is 5.89. The first kappa shape index (κ1) is 16.9. The van der Waals surface area contributed by atoms with Crippen LogP contribution in [0, 0.1) is 0 Å². The van der Waals surface area contributed by atoms with E-state index >= 15 is 0 Å². The summed E-state index contributed by atoms with van der Waals surface area (Å²) < 4.78 is 10.3. The Morgan fingerprint density at radius 2 is 1.61 bits per heavy atom. The third kappa shape index (κ3) is 4.77. The van der Waals surface area contributed by atoms with E-state index in [2.05, 4.69) is 5.32 Å². The maximum atomic E-state index is 12.2. The van der Waals surface area contributed by atoms with E-state index in [0.29, 0.717) is 45.1 Å². The lowest BCUT2D eigenvalue weighted by Crippen LogP contribution is -2.51. The number of carbonyl (C=O) groups excluding carboxylic acids is 2. The normalized spacial score (nSPS) is 14.3. The smallest absolute Gasteiger partial charge is 0.409 e. The SMILES string of the molecule is CCOC(=O)N1CCN(C(=O)Nc2ccc(OCC)cc2)CC1. The van der Waals surface area contributed by atoms with Gasteiger partial charge in [-0.2, -0.15) is 0 Å². The van der Waals surface area contributed by atoms with Gasteiger partial charge in [-0.25, -0.2) is 9.59 Å². The third-order valence-electron chi connectivity index (χ3n) is 3.51. The average molecular weight is 321 g/mol. The molecule has 0 aromatic heterocycles. The summed E-state index contributed by atoms with van der Waals surface area (Å²) in [5.41, 5.74) is 0.714. The number of nitrogens with one attached hydrogen (secondary N) is 1. The van der Waals surface area contributed by atoms with Gasteiger partial charge in [-0.3, -0.25) is 0 Å². The van der Waals surface area contributed by atoms with Gasteiger partial charge in [0.05, 0.1) is 13.2 Å². The van der Waals surface area contributed by atoms with E-state index in [4.69, 9.17) is 9.47 Å². The van der Waals surface area contributed by atoms with Crippen LogP contribution >= 0.6 is 0 Å². The molecule has 0 spiro atoms. The molecule has 1 heterocycles. The number of amides is 3. The van der Waals surface area contributed by atoms with Crippen LogP contribution in [0.5, 0.6) is 5.75 Å². The van der Waals surface area contributed by atoms with Gasteiger partial charge in [0.15, 0.2) is 0 Å². The number of anilines is 1. The van der Waals surface area contributed by atoms with E-state index in [1.807, 2.05) is 19.1 Å². The van der Waals surface area contributed by atoms with Gasteiger partial charge in [-0.1, -0.05) is 0 Å². The number of hydrogen-bond acceptors (Lipinski definition) is 4. The molecule has 0 atom stereocenters. The number of nitrogens with zero attached hydrogens (tertiary/aromatic N) is 2. The van der Waals surface area contributed by atoms with E-state index in [9.17, 15) is 9.59 Å². The van der Waals surface area contributed by atoms with E-state index < -0.39 is 0 Å². The largest absolute Gasteiger partial charge is 0.494 e. The number of piperazine rings is 1. The van der Waals surface area contributed by atoms with Crippen molar-refractivity contribution in [3.05, 3.63) is 24.3 Å². The van der Waals surface area contributed by atoms with Gasteiger partial charge in [0.25, 0.3) is 0 Å². The molecule has 1 aliphatic heterocycles. The van der Waals surface area contributed by atoms with Crippen LogP contribution < -0.4 is 10.1 Å². The van der Waals surface area contributed by atoms with Crippen LogP contribution in [0.4, 0.5) is 15.3 Å². The molecule has 0 aliphatic carbocycles. The van der Waals surface area contributed by atoms with Crippen molar-refractivity contribution in [2.75, 3.05) is 44.7 Å². The van der Waals surface area contributed by atoms with E-state index in [0.717, 1.165) is 5.75 Å². The number of urea groups is 1. The van der Waals surface area contributed by atoms with Crippen molar-refractivity contribution in [3.63, 3.8) is 0 Å². The molecule has 126 valence electrons. The highest BCUT2D eigenvalue weighted by atomic mass is 16.6. The molecule has 0 unspecified atom stereocenters. The lowest BCUT2D eigenvalue weighted by atomic mass is 10.3. The summed E-state index contributed by atoms with van der Waals surface area (Å²) in [6.45, 7) is 6.60. The minimum atomic E-state index is -0.320. The summed E-state index contributed by atoms with van der Waals surface area (Å²) in [4.78, 5) is 27.2. The van der Waals surface area contributed by atoms with Crippen molar-refractivity contribution >= 4 is 17.8 Å². The molecule has 0 saturated carbocycles. The molecular formula is C16H23N3O4. The van der Waals surface area contributed by atoms with E-state index in [1.165, 1.54) is 0 Å². The van der Waals surface area contributed by atoms with Crippen molar-refractivity contribution in [2.45, 2.75) is 13.8 Å². The van der Waals surface area contributed by atoms with Crippen LogP contribution in [0.1, 0.15) is 13.8 Å². The van der Waals surface area contributed by atoms with Crippen LogP contribution in [0.25, 0.3) is 0 Å². The monoisotopic (exact) mass is 321 g/mol. The fraction of sp³-hybridized carbons (Fsp3) is 0.500. The summed E-state index contributed by atoms with van der Waals surface area (Å²) in [5.74, 6) is 0.772. The first-order valence-corrected chi connectivity index (χ1v) is 7.84. The molecule has 1 aliphatic rings. The predicted molar refractivity (Wildman–Crippen MR) is 86.8 cm³/mol. The zero-order valence-corrected chi connectivity index (χ0v) is 13.6. The van der Waals surface area contributed by atoms with Gasteiger partial charge < -0.3 is 24.6 Å². The standard InChI is InChI=1S/C16H23N3O4/c1-3-22-14-7-5-13(6-8-14)17-15(20)18-9-11-19(12-10-18)16(21)23-4-2/h5-8H,3-4,9-12H2,1-2H3,(H,17,20). The first-order chi connectivity index (χ1) is 11.1. The number of rotatable bonds is 4. The first-order valence-electron chi connectivity index (χ1n) is 7.84. The Balaban J connectivity index is 1.81. The molecule has 1 N–H and O–H groups in total. The number of benzene rings is 1. The van der Waals surface area contributed by atoms with Crippen LogP contribution in [0.2, 0.25) is 0 Å². The fourth-order valence-corrected chi connectivity index (χ4v) is 2.31. The Hall–Kier alpha value is -2.44. The Kier molecular flexibility index (Phi) is 6.08. The molecule has 1 aromatic rings. The molecule has 2 rings (SSSR count). The average Bonchev–Trinajstić information content (AvgIpc) is 2.57. The van der Waals surface area contributed by atoms with Crippen molar-refractivity contribution in [1.82, 2.24) is 9.80 Å². The molecule has 1 saturated heterocycles. The molecule has 0 bridgehead atoms. The summed E-state index contributed by atoms with van der Waals surface area (Å²) in [5, 5.41) is 2.85. The van der Waals surface area contributed by atoms with Crippen molar-refractivity contribution in [1.29, 1.82) is 0 Å². The Bertz CT molecular complexity index is 525. The quantitative estimate of drug-likeness (QED) is 0.924. The van der Waals surface area contributed by atoms with Crippen LogP contribution in [0.3, 0.4) is 0 Å². The Morgan fingerprint density at radius 3 is 2.17 bits per heavy atom. The number of carbonyl (C=O) groups is 2. The molecule has 7 nitrogen and oxygen atoms in total. The second-order valence-corrected chi connectivity index (χ2v) is 5.06. The highest BCUT2D eigenvalue weighted by Gasteiger charge is 2.24. The molecular weight excluding hydrogens is 298 g/mol. The van der Waals surface area contributed by atoms with Crippen molar-refractivity contribution in [2.24, 2.45) is 0 Å². The van der Waals surface area contributed by atoms with Crippen LogP contribution in [-0.2, 0) is 4.74 Å². The van der Waals surface area contributed by atoms with Gasteiger partial charge in [0.1, 0.15) is 5.75 Å². The maximum Gasteiger partial charge on any atom is 0.409 e. The van der Waals surface area contributed by atoms with Crippen LogP contribution in [-0.4, -0.2) is 61.3 Å². The minimum absolute atomic E-state index is 0.169. The summed E-state index contributed by atoms with van der Waals surface area (Å²) in [7, 11) is 0. The number of hydrogen-bond donors (Lipinski definition) is 1. The third-order valence-corrected chi connectivity index (χ3v) is 3.51. The maximum absolute atomic E-state index is 12.2. The Labute approximate surface area is 136 Å². The lowest BCUT2D eigenvalue weighted by molar-refractivity contribution is 0.0868. The predicted octanol–water partition coefficient (Wildman–Crippen LogP) is 2.39. The molecule has 0 radical (unpaired) electrons. The van der Waals surface area contributed by atoms with Gasteiger partial charge in [0.2, 0.25) is 0 Å². The molecule has 7 heteroatoms. The molecule has 23 heavy (non-hydrogen) atoms. The zero-order valence-electron chi connectivity index (χ0n) is 13.6. The topological polar surface area (TPSA) is 71.1 Å². The zero-order chi connectivity index (χ0) is 16.7. The summed E-state index contributed by atoms with van der Waals surface area (Å²) in [6.07, 6.45) is -0.320. The summed E-state index contributed by atoms with van der Waals surface area (Å²) >= 11 is 0. The van der Waals surface area contributed by atoms with E-state index in [1.54, 1.807) is 28.9 Å². The van der Waals surface area contributed by atoms with Gasteiger partial charge >= 0.3 is 12.1 Å². The van der Waals surface area contributed by atoms with Gasteiger partial charge in [0, 0.05) is 31.9 Å². The van der Waals surface area contributed by atoms with Crippen molar-refractivity contribution < 1.29 is 19.1 Å². The van der Waals surface area contributed by atoms with Crippen molar-refractivity contribution in [3.8, 4) is 5.75 Å². The second-order valence-electron chi connectivity index (χ2n) is 5.06. The van der Waals surface area contributed by atoms with Gasteiger partial charge in [-0.05, 0) is 38.1 Å². The van der Waals surface area contributed by atoms with Gasteiger partial charge in [-0.15, -0.1) is 0 Å². The minimum Gasteiger partial charge on any atom is -0.494 e. The number of ether oxygens (including phenoxy) is 2. The van der Waals surface area contributed by atoms with Crippen LogP contribution in [0.15, 0.2) is 24.3 Å². The fourth-order valence-electron chi connectivity index (χ4n) is 2.31. The lowest BCUT2D eigenvalue weighted by Gasteiger charge is -2.34. The highest BCUT2D eigenvalue weighted by Crippen LogP contribution is 2.16. The molecule has 3 amide bonds.